The molecule has 1 amide bonds. The highest BCUT2D eigenvalue weighted by Crippen LogP contribution is 2.40. The summed E-state index contributed by atoms with van der Waals surface area (Å²) in [7, 11) is 3.56. The van der Waals surface area contributed by atoms with E-state index >= 15 is 0 Å². The number of benzene rings is 2. The summed E-state index contributed by atoms with van der Waals surface area (Å²) < 4.78 is 5.60. The molecule has 0 saturated carbocycles. The lowest BCUT2D eigenvalue weighted by Crippen LogP contribution is -2.41. The van der Waals surface area contributed by atoms with Gasteiger partial charge in [0.15, 0.2) is 5.13 Å². The maximum absolute atomic E-state index is 13.4. The number of fused-ring (bicyclic) bond motifs is 4. The second kappa shape index (κ2) is 12.6. The van der Waals surface area contributed by atoms with Crippen molar-refractivity contribution in [3.8, 4) is 0 Å². The molecule has 5 rings (SSSR count). The first-order chi connectivity index (χ1) is 17.4. The SMILES string of the molecule is CC.CCN(C)C(=O)C1CN(c2nc3ccc(Cl)cc3s2)Cc2[nH]c3ccc(C)cc3c21.CCOC. The molecule has 1 N–H and O–H groups in total. The highest BCUT2D eigenvalue weighted by atomic mass is 35.5. The number of aryl methyl sites for hydroxylation is 1. The van der Waals surface area contributed by atoms with Crippen molar-refractivity contribution < 1.29 is 9.53 Å². The van der Waals surface area contributed by atoms with Gasteiger partial charge < -0.3 is 19.5 Å². The summed E-state index contributed by atoms with van der Waals surface area (Å²) in [5, 5.41) is 2.79. The molecule has 4 aromatic rings. The van der Waals surface area contributed by atoms with Crippen LogP contribution in [0.15, 0.2) is 36.4 Å². The topological polar surface area (TPSA) is 61.5 Å². The minimum absolute atomic E-state index is 0.148. The van der Waals surface area contributed by atoms with Crippen LogP contribution in [0.3, 0.4) is 0 Å². The van der Waals surface area contributed by atoms with Gasteiger partial charge in [-0.3, -0.25) is 4.79 Å². The Labute approximate surface area is 223 Å². The fourth-order valence-electron chi connectivity index (χ4n) is 4.26. The number of aromatic amines is 1. The van der Waals surface area contributed by atoms with Crippen LogP contribution in [0.2, 0.25) is 5.02 Å². The number of methoxy groups -OCH3 is 1. The van der Waals surface area contributed by atoms with Crippen LogP contribution >= 0.6 is 22.9 Å². The van der Waals surface area contributed by atoms with E-state index in [9.17, 15) is 4.79 Å². The second-order valence-corrected chi connectivity index (χ2v) is 9.98. The van der Waals surface area contributed by atoms with E-state index in [4.69, 9.17) is 16.6 Å². The van der Waals surface area contributed by atoms with Crippen molar-refractivity contribution >= 4 is 55.1 Å². The van der Waals surface area contributed by atoms with Crippen molar-refractivity contribution in [2.45, 2.75) is 47.1 Å². The number of carbonyl (C=O) groups is 1. The smallest absolute Gasteiger partial charge is 0.231 e. The number of carbonyl (C=O) groups excluding carboxylic acids is 1. The number of nitrogens with zero attached hydrogens (tertiary/aromatic N) is 3. The summed E-state index contributed by atoms with van der Waals surface area (Å²) in [6.45, 7) is 12.9. The Bertz CT molecular complexity index is 1310. The molecule has 1 unspecified atom stereocenters. The number of rotatable bonds is 4. The van der Waals surface area contributed by atoms with Gasteiger partial charge in [0.1, 0.15) is 0 Å². The fraction of sp³-hybridized carbons (Fsp3) is 0.429. The first-order valence-electron chi connectivity index (χ1n) is 12.5. The normalized spacial score (nSPS) is 14.6. The van der Waals surface area contributed by atoms with Crippen LogP contribution in [-0.4, -0.2) is 54.6 Å². The molecule has 1 atom stereocenters. The molecule has 2 aromatic carbocycles. The number of H-pyrrole nitrogens is 1. The third-order valence-electron chi connectivity index (χ3n) is 6.22. The predicted octanol–water partition coefficient (Wildman–Crippen LogP) is 7.00. The van der Waals surface area contributed by atoms with E-state index in [1.165, 1.54) is 5.56 Å². The monoisotopic (exact) mass is 528 g/mol. The standard InChI is InChI=1S/C23H23ClN4OS.C3H8O.C2H6/c1-4-27(3)22(29)16-11-28(23-26-18-8-6-14(24)10-20(18)30-23)12-19-21(16)15-9-13(2)5-7-17(15)25-19;1-3-4-2;1-2/h5-10,16,25H,4,11-12H2,1-3H3;3H2,1-2H3;1-2H3. The number of hydrogen-bond donors (Lipinski definition) is 1. The van der Waals surface area contributed by atoms with E-state index in [0.29, 0.717) is 24.7 Å². The molecule has 0 bridgehead atoms. The number of nitrogens with one attached hydrogen (secondary N) is 1. The first-order valence-corrected chi connectivity index (χ1v) is 13.7. The minimum Gasteiger partial charge on any atom is -0.385 e. The van der Waals surface area contributed by atoms with E-state index in [-0.39, 0.29) is 11.8 Å². The number of likely N-dealkylation sites (N-methyl/N-ethyl adjacent to an activating group) is 1. The maximum atomic E-state index is 13.4. The van der Waals surface area contributed by atoms with Crippen LogP contribution < -0.4 is 4.90 Å². The molecule has 0 spiro atoms. The average molecular weight is 529 g/mol. The number of thiazole rings is 1. The van der Waals surface area contributed by atoms with Gasteiger partial charge in [-0.15, -0.1) is 0 Å². The number of halogens is 1. The molecule has 0 saturated heterocycles. The lowest BCUT2D eigenvalue weighted by Gasteiger charge is -2.34. The Hall–Kier alpha value is -2.61. The van der Waals surface area contributed by atoms with E-state index in [1.54, 1.807) is 18.4 Å². The zero-order valence-electron chi connectivity index (χ0n) is 22.3. The Balaban J connectivity index is 0.000000550. The second-order valence-electron chi connectivity index (χ2n) is 8.54. The van der Waals surface area contributed by atoms with Gasteiger partial charge in [-0.2, -0.15) is 0 Å². The lowest BCUT2D eigenvalue weighted by atomic mass is 9.90. The van der Waals surface area contributed by atoms with Crippen LogP contribution in [-0.2, 0) is 16.1 Å². The molecular formula is C28H37ClN4O2S. The molecule has 8 heteroatoms. The Morgan fingerprint density at radius 3 is 2.64 bits per heavy atom. The third-order valence-corrected chi connectivity index (χ3v) is 7.54. The van der Waals surface area contributed by atoms with Gasteiger partial charge in [-0.25, -0.2) is 4.98 Å². The number of amides is 1. The van der Waals surface area contributed by atoms with Crippen LogP contribution in [0, 0.1) is 6.92 Å². The number of ether oxygens (including phenoxy) is 1. The average Bonchev–Trinajstić information content (AvgIpc) is 3.49. The van der Waals surface area contributed by atoms with E-state index in [0.717, 1.165) is 44.1 Å². The molecule has 1 aliphatic rings. The molecule has 0 fully saturated rings. The van der Waals surface area contributed by atoms with E-state index in [1.807, 2.05) is 57.8 Å². The number of hydrogen-bond acceptors (Lipinski definition) is 5. The molecule has 0 radical (unpaired) electrons. The predicted molar refractivity (Wildman–Crippen MR) is 154 cm³/mol. The van der Waals surface area contributed by atoms with Crippen molar-refractivity contribution in [1.29, 1.82) is 0 Å². The number of anilines is 1. The van der Waals surface area contributed by atoms with Gasteiger partial charge in [0.05, 0.1) is 22.7 Å². The van der Waals surface area contributed by atoms with E-state index < -0.39 is 0 Å². The number of aromatic nitrogens is 2. The van der Waals surface area contributed by atoms with Crippen LogP contribution in [0.25, 0.3) is 21.1 Å². The van der Waals surface area contributed by atoms with Crippen LogP contribution in [0.4, 0.5) is 5.13 Å². The van der Waals surface area contributed by atoms with Gasteiger partial charge in [-0.1, -0.05) is 48.4 Å². The Morgan fingerprint density at radius 2 is 1.97 bits per heavy atom. The molecule has 194 valence electrons. The summed E-state index contributed by atoms with van der Waals surface area (Å²) >= 11 is 7.79. The van der Waals surface area contributed by atoms with Crippen molar-refractivity contribution in [1.82, 2.24) is 14.9 Å². The quantitative estimate of drug-likeness (QED) is 0.310. The summed E-state index contributed by atoms with van der Waals surface area (Å²) in [5.74, 6) is -0.0835. The summed E-state index contributed by atoms with van der Waals surface area (Å²) in [4.78, 5) is 25.8. The molecule has 2 aromatic heterocycles. The van der Waals surface area contributed by atoms with Gasteiger partial charge in [0.25, 0.3) is 0 Å². The molecule has 6 nitrogen and oxygen atoms in total. The van der Waals surface area contributed by atoms with Gasteiger partial charge in [0, 0.05) is 55.5 Å². The Kier molecular flexibility index (Phi) is 9.77. The fourth-order valence-corrected chi connectivity index (χ4v) is 5.51. The zero-order chi connectivity index (χ0) is 26.4. The molecule has 36 heavy (non-hydrogen) atoms. The summed E-state index contributed by atoms with van der Waals surface area (Å²) in [5.41, 5.74) is 5.46. The Morgan fingerprint density at radius 1 is 1.25 bits per heavy atom. The van der Waals surface area contributed by atoms with Gasteiger partial charge >= 0.3 is 0 Å². The van der Waals surface area contributed by atoms with E-state index in [2.05, 4.69) is 39.7 Å². The lowest BCUT2D eigenvalue weighted by molar-refractivity contribution is -0.131. The minimum atomic E-state index is -0.232. The summed E-state index contributed by atoms with van der Waals surface area (Å²) in [6.07, 6.45) is 0. The molecule has 3 heterocycles. The van der Waals surface area contributed by atoms with Gasteiger partial charge in [0.2, 0.25) is 5.91 Å². The van der Waals surface area contributed by atoms with Crippen molar-refractivity contribution in [3.63, 3.8) is 0 Å². The van der Waals surface area contributed by atoms with Crippen LogP contribution in [0.5, 0.6) is 0 Å². The molecule has 0 aliphatic carbocycles. The van der Waals surface area contributed by atoms with Crippen molar-refractivity contribution in [2.75, 3.05) is 38.8 Å². The maximum Gasteiger partial charge on any atom is 0.231 e. The third kappa shape index (κ3) is 5.85. The van der Waals surface area contributed by atoms with Gasteiger partial charge in [-0.05, 0) is 56.7 Å². The molecular weight excluding hydrogens is 492 g/mol. The highest BCUT2D eigenvalue weighted by Gasteiger charge is 2.36. The van der Waals surface area contributed by atoms with Crippen molar-refractivity contribution in [3.05, 3.63) is 58.2 Å². The largest absolute Gasteiger partial charge is 0.385 e. The summed E-state index contributed by atoms with van der Waals surface area (Å²) in [6, 6.07) is 12.2. The zero-order valence-corrected chi connectivity index (χ0v) is 23.9. The highest BCUT2D eigenvalue weighted by molar-refractivity contribution is 7.22. The van der Waals surface area contributed by atoms with Crippen molar-refractivity contribution in [2.24, 2.45) is 0 Å². The van der Waals surface area contributed by atoms with Crippen LogP contribution in [0.1, 0.15) is 50.4 Å². The molecule has 1 aliphatic heterocycles. The first kappa shape index (κ1) is 28.0.